The van der Waals surface area contributed by atoms with Gasteiger partial charge in [-0.15, -0.1) is 0 Å². The monoisotopic (exact) mass is 211 g/mol. The summed E-state index contributed by atoms with van der Waals surface area (Å²) in [5.74, 6) is 0. The van der Waals surface area contributed by atoms with Crippen LogP contribution in [0.15, 0.2) is 0 Å². The van der Waals surface area contributed by atoms with Crippen LogP contribution in [0.1, 0.15) is 72.1 Å². The van der Waals surface area contributed by atoms with Gasteiger partial charge in [0.15, 0.2) is 0 Å². The predicted molar refractivity (Wildman–Crippen MR) is 68.2 cm³/mol. The molecule has 90 valence electrons. The Bertz CT molecular complexity index is 157. The average Bonchev–Trinajstić information content (AvgIpc) is 2.70. The van der Waals surface area contributed by atoms with E-state index in [-0.39, 0.29) is 0 Å². The molecule has 0 amide bonds. The summed E-state index contributed by atoms with van der Waals surface area (Å²) in [5.41, 5.74) is 0.517. The molecule has 1 fully saturated rings. The summed E-state index contributed by atoms with van der Waals surface area (Å²) in [4.78, 5) is 0. The van der Waals surface area contributed by atoms with Gasteiger partial charge in [0.1, 0.15) is 0 Å². The van der Waals surface area contributed by atoms with Gasteiger partial charge in [-0.1, -0.05) is 52.9 Å². The maximum absolute atomic E-state index is 3.65. The minimum atomic E-state index is 0.517. The van der Waals surface area contributed by atoms with Crippen LogP contribution in [0.4, 0.5) is 0 Å². The average molecular weight is 211 g/mol. The van der Waals surface area contributed by atoms with E-state index in [9.17, 15) is 0 Å². The lowest BCUT2D eigenvalue weighted by Gasteiger charge is -2.32. The van der Waals surface area contributed by atoms with E-state index in [4.69, 9.17) is 0 Å². The van der Waals surface area contributed by atoms with Gasteiger partial charge in [-0.3, -0.25) is 0 Å². The SMILES string of the molecule is CCCCCCCC(C)(C)C1CCCN1. The van der Waals surface area contributed by atoms with Crippen molar-refractivity contribution in [1.82, 2.24) is 5.32 Å². The maximum atomic E-state index is 3.65. The number of unbranched alkanes of at least 4 members (excludes halogenated alkanes) is 4. The van der Waals surface area contributed by atoms with Gasteiger partial charge in [0.05, 0.1) is 0 Å². The molecule has 0 spiro atoms. The Morgan fingerprint density at radius 1 is 1.13 bits per heavy atom. The van der Waals surface area contributed by atoms with Crippen LogP contribution in [0.2, 0.25) is 0 Å². The third-order valence-electron chi connectivity index (χ3n) is 3.93. The Balaban J connectivity index is 2.12. The van der Waals surface area contributed by atoms with Crippen molar-refractivity contribution in [3.63, 3.8) is 0 Å². The third-order valence-corrected chi connectivity index (χ3v) is 3.93. The fourth-order valence-corrected chi connectivity index (χ4v) is 2.71. The largest absolute Gasteiger partial charge is 0.313 e. The second-order valence-corrected chi connectivity index (χ2v) is 5.80. The van der Waals surface area contributed by atoms with Crippen molar-refractivity contribution >= 4 is 0 Å². The highest BCUT2D eigenvalue weighted by atomic mass is 15.0. The summed E-state index contributed by atoms with van der Waals surface area (Å²) < 4.78 is 0. The molecule has 0 aromatic heterocycles. The van der Waals surface area contributed by atoms with E-state index >= 15 is 0 Å². The molecule has 1 saturated heterocycles. The van der Waals surface area contributed by atoms with Crippen LogP contribution in [0.25, 0.3) is 0 Å². The molecule has 1 heteroatoms. The van der Waals surface area contributed by atoms with Crippen LogP contribution in [0, 0.1) is 5.41 Å². The van der Waals surface area contributed by atoms with Crippen LogP contribution < -0.4 is 5.32 Å². The van der Waals surface area contributed by atoms with Crippen molar-refractivity contribution < 1.29 is 0 Å². The fourth-order valence-electron chi connectivity index (χ4n) is 2.71. The first kappa shape index (κ1) is 13.0. The molecule has 15 heavy (non-hydrogen) atoms. The normalized spacial score (nSPS) is 22.2. The topological polar surface area (TPSA) is 12.0 Å². The van der Waals surface area contributed by atoms with Crippen LogP contribution in [-0.2, 0) is 0 Å². The molecule has 1 aliphatic rings. The molecule has 0 aliphatic carbocycles. The highest BCUT2D eigenvalue weighted by molar-refractivity contribution is 4.87. The van der Waals surface area contributed by atoms with Gasteiger partial charge in [-0.2, -0.15) is 0 Å². The lowest BCUT2D eigenvalue weighted by atomic mass is 9.79. The van der Waals surface area contributed by atoms with Gasteiger partial charge in [-0.05, 0) is 31.2 Å². The van der Waals surface area contributed by atoms with Crippen molar-refractivity contribution in [2.45, 2.75) is 78.2 Å². The van der Waals surface area contributed by atoms with E-state index in [1.165, 1.54) is 57.9 Å². The summed E-state index contributed by atoms with van der Waals surface area (Å²) >= 11 is 0. The zero-order valence-electron chi connectivity index (χ0n) is 10.9. The number of rotatable bonds is 7. The minimum absolute atomic E-state index is 0.517. The summed E-state index contributed by atoms with van der Waals surface area (Å²) in [5, 5.41) is 3.65. The molecule has 1 heterocycles. The molecule has 1 unspecified atom stereocenters. The number of hydrogen-bond acceptors (Lipinski definition) is 1. The maximum Gasteiger partial charge on any atom is 0.0119 e. The zero-order valence-corrected chi connectivity index (χ0v) is 10.9. The van der Waals surface area contributed by atoms with E-state index in [1.54, 1.807) is 0 Å². The molecule has 1 N–H and O–H groups in total. The second kappa shape index (κ2) is 6.52. The fraction of sp³-hybridized carbons (Fsp3) is 1.00. The van der Waals surface area contributed by atoms with Crippen molar-refractivity contribution in [3.05, 3.63) is 0 Å². The molecule has 1 aliphatic heterocycles. The quantitative estimate of drug-likeness (QED) is 0.624. The van der Waals surface area contributed by atoms with Crippen molar-refractivity contribution in [3.8, 4) is 0 Å². The number of hydrogen-bond donors (Lipinski definition) is 1. The molecule has 0 saturated carbocycles. The van der Waals surface area contributed by atoms with E-state index in [0.717, 1.165) is 6.04 Å². The van der Waals surface area contributed by atoms with E-state index < -0.39 is 0 Å². The molecular weight excluding hydrogens is 182 g/mol. The standard InChI is InChI=1S/C14H29N/c1-4-5-6-7-8-11-14(2,3)13-10-9-12-15-13/h13,15H,4-12H2,1-3H3. The highest BCUT2D eigenvalue weighted by Gasteiger charge is 2.30. The summed E-state index contributed by atoms with van der Waals surface area (Å²) in [6.07, 6.45) is 11.2. The van der Waals surface area contributed by atoms with Crippen LogP contribution >= 0.6 is 0 Å². The second-order valence-electron chi connectivity index (χ2n) is 5.80. The Morgan fingerprint density at radius 2 is 1.87 bits per heavy atom. The van der Waals surface area contributed by atoms with E-state index in [1.807, 2.05) is 0 Å². The minimum Gasteiger partial charge on any atom is -0.313 e. The van der Waals surface area contributed by atoms with Crippen LogP contribution in [0.5, 0.6) is 0 Å². The molecule has 1 nitrogen and oxygen atoms in total. The molecular formula is C14H29N. The van der Waals surface area contributed by atoms with E-state index in [0.29, 0.717) is 5.41 Å². The summed E-state index contributed by atoms with van der Waals surface area (Å²) in [7, 11) is 0. The lowest BCUT2D eigenvalue weighted by molar-refractivity contribution is 0.234. The Kier molecular flexibility index (Phi) is 5.66. The Hall–Kier alpha value is -0.0400. The predicted octanol–water partition coefficient (Wildman–Crippen LogP) is 4.13. The molecule has 0 aromatic carbocycles. The van der Waals surface area contributed by atoms with Gasteiger partial charge in [0, 0.05) is 6.04 Å². The third kappa shape index (κ3) is 4.55. The summed E-state index contributed by atoms with van der Waals surface area (Å²) in [6.45, 7) is 8.40. The Morgan fingerprint density at radius 3 is 2.47 bits per heavy atom. The first-order valence-corrected chi connectivity index (χ1v) is 6.90. The molecule has 0 radical (unpaired) electrons. The van der Waals surface area contributed by atoms with Gasteiger partial charge in [-0.25, -0.2) is 0 Å². The van der Waals surface area contributed by atoms with Crippen LogP contribution in [-0.4, -0.2) is 12.6 Å². The van der Waals surface area contributed by atoms with Crippen LogP contribution in [0.3, 0.4) is 0 Å². The summed E-state index contributed by atoms with van der Waals surface area (Å²) in [6, 6.07) is 0.781. The smallest absolute Gasteiger partial charge is 0.0119 e. The molecule has 1 atom stereocenters. The van der Waals surface area contributed by atoms with Crippen molar-refractivity contribution in [1.29, 1.82) is 0 Å². The van der Waals surface area contributed by atoms with Crippen molar-refractivity contribution in [2.24, 2.45) is 5.41 Å². The molecule has 0 bridgehead atoms. The zero-order chi connectivity index (χ0) is 11.1. The lowest BCUT2D eigenvalue weighted by Crippen LogP contribution is -2.37. The number of nitrogens with one attached hydrogen (secondary N) is 1. The van der Waals surface area contributed by atoms with Gasteiger partial charge >= 0.3 is 0 Å². The van der Waals surface area contributed by atoms with Gasteiger partial charge in [0.2, 0.25) is 0 Å². The first-order valence-electron chi connectivity index (χ1n) is 6.90. The molecule has 1 rings (SSSR count). The van der Waals surface area contributed by atoms with Crippen molar-refractivity contribution in [2.75, 3.05) is 6.54 Å². The van der Waals surface area contributed by atoms with Gasteiger partial charge < -0.3 is 5.32 Å². The first-order chi connectivity index (χ1) is 7.17. The highest BCUT2D eigenvalue weighted by Crippen LogP contribution is 2.32. The van der Waals surface area contributed by atoms with E-state index in [2.05, 4.69) is 26.1 Å². The molecule has 0 aromatic rings. The Labute approximate surface area is 96.0 Å². The van der Waals surface area contributed by atoms with Gasteiger partial charge in [0.25, 0.3) is 0 Å².